The molecule has 1 aliphatic rings. The van der Waals surface area contributed by atoms with E-state index < -0.39 is 0 Å². The van der Waals surface area contributed by atoms with Crippen LogP contribution in [0, 0.1) is 0 Å². The summed E-state index contributed by atoms with van der Waals surface area (Å²) in [6, 6.07) is 7.29. The Morgan fingerprint density at radius 2 is 1.78 bits per heavy atom. The van der Waals surface area contributed by atoms with E-state index in [0.717, 1.165) is 31.5 Å². The molecule has 0 saturated carbocycles. The van der Waals surface area contributed by atoms with Crippen molar-refractivity contribution in [1.82, 2.24) is 15.1 Å². The number of carbonyl (C=O) groups excluding carboxylic acids is 1. The molecule has 23 heavy (non-hydrogen) atoms. The van der Waals surface area contributed by atoms with Crippen molar-refractivity contribution in [3.8, 4) is 17.2 Å². The van der Waals surface area contributed by atoms with Gasteiger partial charge in [0.2, 0.25) is 12.3 Å². The minimum absolute atomic E-state index is 0.0628. The first-order valence-electron chi connectivity index (χ1n) is 8.10. The fourth-order valence-corrected chi connectivity index (χ4v) is 2.73. The molecule has 0 spiro atoms. The van der Waals surface area contributed by atoms with Crippen LogP contribution in [-0.2, 0) is 4.79 Å². The summed E-state index contributed by atoms with van der Waals surface area (Å²) in [5.41, 5.74) is 0.824. The summed E-state index contributed by atoms with van der Waals surface area (Å²) in [7, 11) is 0. The van der Waals surface area contributed by atoms with E-state index >= 15 is 0 Å². The summed E-state index contributed by atoms with van der Waals surface area (Å²) in [5.74, 6) is 1.19. The van der Waals surface area contributed by atoms with E-state index in [2.05, 4.69) is 10.2 Å². The van der Waals surface area contributed by atoms with Crippen molar-refractivity contribution in [3.63, 3.8) is 0 Å². The minimum atomic E-state index is 0.0628. The van der Waals surface area contributed by atoms with Crippen molar-refractivity contribution < 1.29 is 13.9 Å². The smallest absolute Gasteiger partial charge is 0.260 e. The molecular weight excluding hydrogens is 294 g/mol. The monoisotopic (exact) mass is 315 g/mol. The van der Waals surface area contributed by atoms with Crippen LogP contribution in [0.4, 0.5) is 0 Å². The summed E-state index contributed by atoms with van der Waals surface area (Å²) in [6.45, 7) is 1.77. The zero-order valence-electron chi connectivity index (χ0n) is 13.1. The summed E-state index contributed by atoms with van der Waals surface area (Å²) >= 11 is 0. The van der Waals surface area contributed by atoms with E-state index in [1.54, 1.807) is 12.1 Å². The van der Waals surface area contributed by atoms with E-state index in [0.29, 0.717) is 11.6 Å². The highest BCUT2D eigenvalue weighted by atomic mass is 16.5. The highest BCUT2D eigenvalue weighted by Crippen LogP contribution is 2.20. The van der Waals surface area contributed by atoms with Gasteiger partial charge in [-0.1, -0.05) is 19.3 Å². The van der Waals surface area contributed by atoms with Crippen LogP contribution in [0.2, 0.25) is 0 Å². The van der Waals surface area contributed by atoms with Crippen LogP contribution in [0.15, 0.2) is 35.1 Å². The highest BCUT2D eigenvalue weighted by molar-refractivity contribution is 5.77. The van der Waals surface area contributed by atoms with Crippen molar-refractivity contribution in [2.75, 3.05) is 19.7 Å². The first-order chi connectivity index (χ1) is 11.3. The molecule has 122 valence electrons. The van der Waals surface area contributed by atoms with Crippen molar-refractivity contribution in [2.45, 2.75) is 32.1 Å². The van der Waals surface area contributed by atoms with Gasteiger partial charge in [-0.3, -0.25) is 4.79 Å². The van der Waals surface area contributed by atoms with Crippen LogP contribution in [0.3, 0.4) is 0 Å². The molecule has 0 atom stereocenters. The molecule has 0 radical (unpaired) electrons. The summed E-state index contributed by atoms with van der Waals surface area (Å²) < 4.78 is 10.7. The number of hydrogen-bond acceptors (Lipinski definition) is 5. The number of ether oxygens (including phenoxy) is 1. The van der Waals surface area contributed by atoms with Gasteiger partial charge in [-0.15, -0.1) is 10.2 Å². The molecule has 0 unspecified atom stereocenters. The van der Waals surface area contributed by atoms with Crippen molar-refractivity contribution in [2.24, 2.45) is 0 Å². The zero-order chi connectivity index (χ0) is 15.9. The number of aromatic nitrogens is 2. The second kappa shape index (κ2) is 7.76. The summed E-state index contributed by atoms with van der Waals surface area (Å²) in [6.07, 6.45) is 7.17. The normalized spacial score (nSPS) is 15.7. The Labute approximate surface area is 135 Å². The third-order valence-electron chi connectivity index (χ3n) is 4.03. The van der Waals surface area contributed by atoms with Gasteiger partial charge in [-0.25, -0.2) is 0 Å². The Balaban J connectivity index is 1.52. The van der Waals surface area contributed by atoms with Gasteiger partial charge in [0.15, 0.2) is 6.61 Å². The molecule has 1 amide bonds. The maximum absolute atomic E-state index is 12.3. The Morgan fingerprint density at radius 1 is 1.09 bits per heavy atom. The maximum atomic E-state index is 12.3. The van der Waals surface area contributed by atoms with Gasteiger partial charge >= 0.3 is 0 Å². The first-order valence-corrected chi connectivity index (χ1v) is 8.10. The number of carbonyl (C=O) groups is 1. The SMILES string of the molecule is O=C(COc1ccc(-c2nnco2)cc1)N1CCCCCCC1. The molecule has 1 aromatic carbocycles. The average Bonchev–Trinajstić information content (AvgIpc) is 3.07. The number of rotatable bonds is 4. The second-order valence-electron chi connectivity index (χ2n) is 5.71. The van der Waals surface area contributed by atoms with Gasteiger partial charge in [0.1, 0.15) is 5.75 Å². The number of amides is 1. The Bertz CT molecular complexity index is 603. The fourth-order valence-electron chi connectivity index (χ4n) is 2.73. The van der Waals surface area contributed by atoms with Gasteiger partial charge in [0.05, 0.1) is 0 Å². The van der Waals surface area contributed by atoms with Crippen LogP contribution >= 0.6 is 0 Å². The number of benzene rings is 1. The standard InChI is InChI=1S/C17H21N3O3/c21-16(20-10-4-2-1-3-5-11-20)12-22-15-8-6-14(7-9-15)17-19-18-13-23-17/h6-9,13H,1-5,10-12H2. The molecule has 3 rings (SSSR count). The molecular formula is C17H21N3O3. The van der Waals surface area contributed by atoms with Gasteiger partial charge in [-0.2, -0.15) is 0 Å². The van der Waals surface area contributed by atoms with Crippen LogP contribution in [-0.4, -0.2) is 40.7 Å². The molecule has 2 heterocycles. The minimum Gasteiger partial charge on any atom is -0.484 e. The third kappa shape index (κ3) is 4.31. The van der Waals surface area contributed by atoms with Gasteiger partial charge in [0.25, 0.3) is 5.91 Å². The summed E-state index contributed by atoms with van der Waals surface area (Å²) in [4.78, 5) is 14.2. The van der Waals surface area contributed by atoms with Gasteiger partial charge < -0.3 is 14.1 Å². The molecule has 0 aliphatic carbocycles. The van der Waals surface area contributed by atoms with Crippen molar-refractivity contribution >= 4 is 5.91 Å². The largest absolute Gasteiger partial charge is 0.484 e. The van der Waals surface area contributed by atoms with E-state index in [-0.39, 0.29) is 12.5 Å². The Hall–Kier alpha value is -2.37. The molecule has 1 aliphatic heterocycles. The molecule has 6 nitrogen and oxygen atoms in total. The third-order valence-corrected chi connectivity index (χ3v) is 4.03. The number of likely N-dealkylation sites (tertiary alicyclic amines) is 1. The predicted octanol–water partition coefficient (Wildman–Crippen LogP) is 2.91. The Morgan fingerprint density at radius 3 is 2.43 bits per heavy atom. The molecule has 0 N–H and O–H groups in total. The van der Waals surface area contributed by atoms with Crippen LogP contribution < -0.4 is 4.74 Å². The number of nitrogens with zero attached hydrogens (tertiary/aromatic N) is 3. The van der Waals surface area contributed by atoms with Crippen molar-refractivity contribution in [3.05, 3.63) is 30.7 Å². The van der Waals surface area contributed by atoms with Crippen LogP contribution in [0.1, 0.15) is 32.1 Å². The molecule has 2 aromatic rings. The van der Waals surface area contributed by atoms with Crippen molar-refractivity contribution in [1.29, 1.82) is 0 Å². The summed E-state index contributed by atoms with van der Waals surface area (Å²) in [5, 5.41) is 7.50. The maximum Gasteiger partial charge on any atom is 0.260 e. The van der Waals surface area contributed by atoms with Crippen LogP contribution in [0.5, 0.6) is 5.75 Å². The lowest BCUT2D eigenvalue weighted by molar-refractivity contribution is -0.133. The fraction of sp³-hybridized carbons (Fsp3) is 0.471. The van der Waals surface area contributed by atoms with E-state index in [1.165, 1.54) is 25.7 Å². The predicted molar refractivity (Wildman–Crippen MR) is 84.9 cm³/mol. The first kappa shape index (κ1) is 15.5. The highest BCUT2D eigenvalue weighted by Gasteiger charge is 2.15. The lowest BCUT2D eigenvalue weighted by Crippen LogP contribution is -2.37. The number of hydrogen-bond donors (Lipinski definition) is 0. The lowest BCUT2D eigenvalue weighted by atomic mass is 10.1. The van der Waals surface area contributed by atoms with E-state index in [9.17, 15) is 4.79 Å². The van der Waals surface area contributed by atoms with Crippen LogP contribution in [0.25, 0.3) is 11.5 Å². The zero-order valence-corrected chi connectivity index (χ0v) is 13.1. The van der Waals surface area contributed by atoms with E-state index in [1.807, 2.05) is 17.0 Å². The quantitative estimate of drug-likeness (QED) is 0.867. The molecule has 1 aromatic heterocycles. The second-order valence-corrected chi connectivity index (χ2v) is 5.71. The molecule has 0 bridgehead atoms. The van der Waals surface area contributed by atoms with E-state index in [4.69, 9.17) is 9.15 Å². The topological polar surface area (TPSA) is 68.5 Å². The average molecular weight is 315 g/mol. The Kier molecular flexibility index (Phi) is 5.24. The molecule has 1 fully saturated rings. The molecule has 6 heteroatoms. The lowest BCUT2D eigenvalue weighted by Gasteiger charge is -2.24. The van der Waals surface area contributed by atoms with Gasteiger partial charge in [-0.05, 0) is 37.1 Å². The van der Waals surface area contributed by atoms with Gasteiger partial charge in [0, 0.05) is 18.7 Å². The molecule has 1 saturated heterocycles.